The molecule has 1 amide bonds. The summed E-state index contributed by atoms with van der Waals surface area (Å²) in [4.78, 5) is 39.7. The highest BCUT2D eigenvalue weighted by atomic mass is 32.2. The zero-order chi connectivity index (χ0) is 21.1. The summed E-state index contributed by atoms with van der Waals surface area (Å²) in [5.74, 6) is -0.670. The fraction of sp³-hybridized carbons (Fsp3) is 0.591. The molecule has 1 aliphatic heterocycles. The van der Waals surface area contributed by atoms with Crippen molar-refractivity contribution in [2.24, 2.45) is 5.41 Å². The SMILES string of the molecule is CCOC(=O)C[C@@]12CCC[C@@](C(OC(C)=O)Sc3ccccc3)(CN1C(C)=O)C2. The lowest BCUT2D eigenvalue weighted by Crippen LogP contribution is -2.48. The van der Waals surface area contributed by atoms with E-state index in [1.807, 2.05) is 35.2 Å². The molecule has 1 saturated heterocycles. The Hall–Kier alpha value is -2.02. The van der Waals surface area contributed by atoms with Gasteiger partial charge in [-0.15, -0.1) is 0 Å². The summed E-state index contributed by atoms with van der Waals surface area (Å²) in [5.41, 5.74) is -1.37. The zero-order valence-corrected chi connectivity index (χ0v) is 18.1. The maximum atomic E-state index is 12.5. The van der Waals surface area contributed by atoms with Crippen LogP contribution in [-0.2, 0) is 23.9 Å². The van der Waals surface area contributed by atoms with E-state index in [1.165, 1.54) is 18.7 Å². The molecule has 1 saturated carbocycles. The van der Waals surface area contributed by atoms with Crippen LogP contribution in [0.1, 0.15) is 52.9 Å². The Bertz CT molecular complexity index is 770. The van der Waals surface area contributed by atoms with Crippen LogP contribution in [0.4, 0.5) is 0 Å². The van der Waals surface area contributed by atoms with Crippen molar-refractivity contribution in [3.8, 4) is 0 Å². The molecule has 1 aromatic carbocycles. The van der Waals surface area contributed by atoms with Crippen molar-refractivity contribution in [3.05, 3.63) is 30.3 Å². The number of fused-ring (bicyclic) bond motifs is 2. The summed E-state index contributed by atoms with van der Waals surface area (Å²) in [5, 5.41) is 0. The Balaban J connectivity index is 1.93. The Kier molecular flexibility index (Phi) is 6.56. The van der Waals surface area contributed by atoms with Gasteiger partial charge >= 0.3 is 11.9 Å². The van der Waals surface area contributed by atoms with Gasteiger partial charge in [0.15, 0.2) is 5.44 Å². The number of thioether (sulfide) groups is 1. The van der Waals surface area contributed by atoms with E-state index in [4.69, 9.17) is 9.47 Å². The molecular formula is C22H29NO5S. The first-order valence-electron chi connectivity index (χ1n) is 10.1. The lowest BCUT2D eigenvalue weighted by atomic mass is 9.69. The third-order valence-corrected chi connectivity index (χ3v) is 7.32. The van der Waals surface area contributed by atoms with E-state index < -0.39 is 11.0 Å². The molecule has 1 unspecified atom stereocenters. The largest absolute Gasteiger partial charge is 0.466 e. The third kappa shape index (κ3) is 4.60. The van der Waals surface area contributed by atoms with Gasteiger partial charge in [0, 0.05) is 30.7 Å². The molecule has 29 heavy (non-hydrogen) atoms. The number of amides is 1. The van der Waals surface area contributed by atoms with Gasteiger partial charge in [0.05, 0.1) is 18.6 Å². The highest BCUT2D eigenvalue weighted by molar-refractivity contribution is 7.99. The molecule has 0 aromatic heterocycles. The highest BCUT2D eigenvalue weighted by Crippen LogP contribution is 2.58. The van der Waals surface area contributed by atoms with Crippen LogP contribution in [-0.4, -0.2) is 46.9 Å². The number of esters is 2. The minimum absolute atomic E-state index is 0.0515. The zero-order valence-electron chi connectivity index (χ0n) is 17.3. The predicted molar refractivity (Wildman–Crippen MR) is 110 cm³/mol. The van der Waals surface area contributed by atoms with Crippen molar-refractivity contribution in [1.29, 1.82) is 0 Å². The van der Waals surface area contributed by atoms with E-state index in [9.17, 15) is 14.4 Å². The number of hydrogen-bond donors (Lipinski definition) is 0. The van der Waals surface area contributed by atoms with Crippen LogP contribution in [0.3, 0.4) is 0 Å². The second-order valence-corrected chi connectivity index (χ2v) is 9.21. The molecule has 7 heteroatoms. The van der Waals surface area contributed by atoms with Crippen molar-refractivity contribution >= 4 is 29.6 Å². The number of carbonyl (C=O) groups excluding carboxylic acids is 3. The maximum absolute atomic E-state index is 12.5. The lowest BCUT2D eigenvalue weighted by molar-refractivity contribution is -0.150. The van der Waals surface area contributed by atoms with Crippen molar-refractivity contribution in [2.45, 2.75) is 68.7 Å². The van der Waals surface area contributed by atoms with Crippen LogP contribution in [0, 0.1) is 5.41 Å². The lowest BCUT2D eigenvalue weighted by Gasteiger charge is -2.42. The van der Waals surface area contributed by atoms with Crippen LogP contribution >= 0.6 is 11.8 Å². The number of carbonyl (C=O) groups is 3. The van der Waals surface area contributed by atoms with Gasteiger partial charge in [-0.3, -0.25) is 14.4 Å². The number of rotatable bonds is 7. The monoisotopic (exact) mass is 419 g/mol. The number of hydrogen-bond acceptors (Lipinski definition) is 6. The van der Waals surface area contributed by atoms with Gasteiger partial charge < -0.3 is 14.4 Å². The summed E-state index contributed by atoms with van der Waals surface area (Å²) in [6.07, 6.45) is 3.30. The number of ether oxygens (including phenoxy) is 2. The minimum atomic E-state index is -0.564. The highest BCUT2D eigenvalue weighted by Gasteiger charge is 2.61. The molecule has 0 radical (unpaired) electrons. The normalized spacial score (nSPS) is 26.7. The molecule has 1 aromatic rings. The number of likely N-dealkylation sites (tertiary alicyclic amines) is 1. The molecule has 1 heterocycles. The second kappa shape index (κ2) is 8.78. The Morgan fingerprint density at radius 2 is 1.90 bits per heavy atom. The summed E-state index contributed by atoms with van der Waals surface area (Å²) in [7, 11) is 0. The first-order chi connectivity index (χ1) is 13.8. The average Bonchev–Trinajstić information content (AvgIpc) is 2.89. The van der Waals surface area contributed by atoms with Crippen LogP contribution in [0.25, 0.3) is 0 Å². The first-order valence-corrected chi connectivity index (χ1v) is 11.0. The molecule has 1 aliphatic carbocycles. The van der Waals surface area contributed by atoms with Gasteiger partial charge in [0.25, 0.3) is 0 Å². The molecule has 0 N–H and O–H groups in total. The topological polar surface area (TPSA) is 72.9 Å². The molecule has 2 aliphatic rings. The van der Waals surface area contributed by atoms with E-state index in [2.05, 4.69) is 0 Å². The van der Waals surface area contributed by atoms with Gasteiger partial charge in [-0.25, -0.2) is 0 Å². The fourth-order valence-corrected chi connectivity index (χ4v) is 6.22. The van der Waals surface area contributed by atoms with Crippen LogP contribution in [0.15, 0.2) is 35.2 Å². The minimum Gasteiger partial charge on any atom is -0.466 e. The van der Waals surface area contributed by atoms with Crippen molar-refractivity contribution < 1.29 is 23.9 Å². The molecule has 0 spiro atoms. The fourth-order valence-electron chi connectivity index (χ4n) is 4.95. The van der Waals surface area contributed by atoms with Gasteiger partial charge in [-0.2, -0.15) is 0 Å². The first kappa shape index (κ1) is 21.7. The molecule has 158 valence electrons. The Morgan fingerprint density at radius 1 is 1.17 bits per heavy atom. The summed E-state index contributed by atoms with van der Waals surface area (Å²) < 4.78 is 11.0. The van der Waals surface area contributed by atoms with Gasteiger partial charge in [0.2, 0.25) is 5.91 Å². The van der Waals surface area contributed by atoms with Crippen molar-refractivity contribution in [3.63, 3.8) is 0 Å². The molecule has 2 fully saturated rings. The molecule has 6 nitrogen and oxygen atoms in total. The van der Waals surface area contributed by atoms with Crippen molar-refractivity contribution in [2.75, 3.05) is 13.2 Å². The molecule has 2 bridgehead atoms. The average molecular weight is 420 g/mol. The standard InChI is InChI=1S/C22H29NO5S/c1-4-27-19(26)13-22-12-8-11-21(14-22,15-23(22)16(2)24)20(28-17(3)25)29-18-9-6-5-7-10-18/h5-7,9-10,20H,4,8,11-15H2,1-3H3/t20?,21-,22+/m0/s1. The van der Waals surface area contributed by atoms with E-state index in [0.29, 0.717) is 19.6 Å². The summed E-state index contributed by atoms with van der Waals surface area (Å²) in [6.45, 7) is 5.55. The smallest absolute Gasteiger partial charge is 0.308 e. The number of nitrogens with zero attached hydrogens (tertiary/aromatic N) is 1. The van der Waals surface area contributed by atoms with Crippen LogP contribution in [0.5, 0.6) is 0 Å². The van der Waals surface area contributed by atoms with Crippen LogP contribution < -0.4 is 0 Å². The van der Waals surface area contributed by atoms with E-state index in [1.54, 1.807) is 13.8 Å². The molecule has 3 rings (SSSR count). The van der Waals surface area contributed by atoms with Gasteiger partial charge in [-0.05, 0) is 38.3 Å². The third-order valence-electron chi connectivity index (χ3n) is 5.96. The van der Waals surface area contributed by atoms with Gasteiger partial charge in [-0.1, -0.05) is 36.4 Å². The Labute approximate surface area is 176 Å². The van der Waals surface area contributed by atoms with E-state index >= 15 is 0 Å². The molecule has 3 atom stereocenters. The Morgan fingerprint density at radius 3 is 2.52 bits per heavy atom. The number of benzene rings is 1. The maximum Gasteiger partial charge on any atom is 0.308 e. The predicted octanol–water partition coefficient (Wildman–Crippen LogP) is 3.78. The van der Waals surface area contributed by atoms with E-state index in [0.717, 1.165) is 24.2 Å². The van der Waals surface area contributed by atoms with E-state index in [-0.39, 0.29) is 29.7 Å². The summed E-state index contributed by atoms with van der Waals surface area (Å²) >= 11 is 1.52. The summed E-state index contributed by atoms with van der Waals surface area (Å²) in [6, 6.07) is 9.83. The van der Waals surface area contributed by atoms with Crippen LogP contribution in [0.2, 0.25) is 0 Å². The van der Waals surface area contributed by atoms with Crippen molar-refractivity contribution in [1.82, 2.24) is 4.90 Å². The second-order valence-electron chi connectivity index (χ2n) is 8.08. The molecular weight excluding hydrogens is 390 g/mol. The quantitative estimate of drug-likeness (QED) is 0.380. The van der Waals surface area contributed by atoms with Gasteiger partial charge in [0.1, 0.15) is 0 Å².